The molecule has 0 atom stereocenters. The van der Waals surface area contributed by atoms with Crippen molar-refractivity contribution >= 4 is 72.5 Å². The van der Waals surface area contributed by atoms with Crippen molar-refractivity contribution in [1.82, 2.24) is 0 Å². The zero-order valence-corrected chi connectivity index (χ0v) is 33.2. The minimum Gasteiger partial charge on any atom is -0.310 e. The van der Waals surface area contributed by atoms with Gasteiger partial charge in [-0.15, -0.1) is 0 Å². The van der Waals surface area contributed by atoms with Crippen LogP contribution in [0, 0.1) is 0 Å². The van der Waals surface area contributed by atoms with Gasteiger partial charge in [0.15, 0.2) is 0 Å². The lowest BCUT2D eigenvalue weighted by Gasteiger charge is -2.28. The van der Waals surface area contributed by atoms with Crippen molar-refractivity contribution in [3.63, 3.8) is 0 Å². The zero-order chi connectivity index (χ0) is 40.3. The number of allylic oxidation sites excluding steroid dienone is 2. The van der Waals surface area contributed by atoms with Gasteiger partial charge in [0.05, 0.1) is 0 Å². The summed E-state index contributed by atoms with van der Waals surface area (Å²) in [5.41, 5.74) is 12.4. The van der Waals surface area contributed by atoms with Gasteiger partial charge < -0.3 is 9.80 Å². The fraction of sp³-hybridized carbons (Fsp3) is 0. The number of benzene rings is 10. The minimum absolute atomic E-state index is 1.09. The summed E-state index contributed by atoms with van der Waals surface area (Å²) in [6.07, 6.45) is 5.95. The Bertz CT molecular complexity index is 3070. The van der Waals surface area contributed by atoms with Crippen LogP contribution in [0.3, 0.4) is 0 Å². The molecule has 0 aliphatic rings. The van der Waals surface area contributed by atoms with Crippen LogP contribution in [0.5, 0.6) is 0 Å². The lowest BCUT2D eigenvalue weighted by molar-refractivity contribution is 1.29. The molecule has 0 saturated carbocycles. The molecule has 0 aliphatic carbocycles. The standard InChI is InChI=1S/C58H42N2/c1-2-3-19-42-20-18-23-45(38-42)57-53-36-34-52(60(49-28-12-6-13-29-49)50-30-14-7-15-31-50)41-56(53)58(46-33-32-43-21-16-17-22-44(43)39-46)54-37-35-51(40-55(54)57)59(47-24-8-4-9-25-47)48-26-10-5-11-27-48/h2-41H,1H2/b19-3-. The molecule has 0 spiro atoms. The molecule has 10 rings (SSSR count). The van der Waals surface area contributed by atoms with Crippen LogP contribution in [0.15, 0.2) is 243 Å². The highest BCUT2D eigenvalue weighted by Crippen LogP contribution is 2.48. The highest BCUT2D eigenvalue weighted by Gasteiger charge is 2.22. The number of nitrogens with zero attached hydrogens (tertiary/aromatic N) is 2. The summed E-state index contributed by atoms with van der Waals surface area (Å²) in [6, 6.07) is 81.1. The molecule has 0 aromatic heterocycles. The van der Waals surface area contributed by atoms with Crippen LogP contribution in [-0.4, -0.2) is 0 Å². The van der Waals surface area contributed by atoms with E-state index in [1.54, 1.807) is 0 Å². The first-order valence-corrected chi connectivity index (χ1v) is 20.5. The van der Waals surface area contributed by atoms with Gasteiger partial charge in [0.25, 0.3) is 0 Å². The fourth-order valence-corrected chi connectivity index (χ4v) is 8.63. The molecule has 0 unspecified atom stereocenters. The maximum atomic E-state index is 3.94. The van der Waals surface area contributed by atoms with Gasteiger partial charge in [-0.25, -0.2) is 0 Å². The van der Waals surface area contributed by atoms with E-state index in [2.05, 4.69) is 247 Å². The first kappa shape index (κ1) is 36.4. The number of anilines is 6. The highest BCUT2D eigenvalue weighted by molar-refractivity contribution is 6.23. The molecule has 0 N–H and O–H groups in total. The molecular formula is C58H42N2. The molecule has 0 amide bonds. The van der Waals surface area contributed by atoms with Crippen LogP contribution in [-0.2, 0) is 0 Å². The van der Waals surface area contributed by atoms with E-state index in [1.165, 1.54) is 49.0 Å². The molecule has 2 heteroatoms. The molecule has 0 heterocycles. The lowest BCUT2D eigenvalue weighted by Crippen LogP contribution is -2.10. The van der Waals surface area contributed by atoms with Gasteiger partial charge in [0, 0.05) is 34.1 Å². The Morgan fingerprint density at radius 2 is 0.767 bits per heavy atom. The third kappa shape index (κ3) is 6.91. The molecule has 10 aromatic rings. The van der Waals surface area contributed by atoms with E-state index in [1.807, 2.05) is 12.2 Å². The minimum atomic E-state index is 1.09. The van der Waals surface area contributed by atoms with Crippen molar-refractivity contribution < 1.29 is 0 Å². The van der Waals surface area contributed by atoms with Crippen LogP contribution in [0.1, 0.15) is 5.56 Å². The van der Waals surface area contributed by atoms with Crippen molar-refractivity contribution in [1.29, 1.82) is 0 Å². The van der Waals surface area contributed by atoms with Crippen LogP contribution < -0.4 is 9.80 Å². The Kier molecular flexibility index (Phi) is 9.79. The molecule has 284 valence electrons. The first-order chi connectivity index (χ1) is 29.7. The number of para-hydroxylation sites is 4. The second kappa shape index (κ2) is 16.1. The van der Waals surface area contributed by atoms with E-state index < -0.39 is 0 Å². The Balaban J connectivity index is 1.33. The van der Waals surface area contributed by atoms with E-state index in [-0.39, 0.29) is 0 Å². The third-order valence-corrected chi connectivity index (χ3v) is 11.3. The fourth-order valence-electron chi connectivity index (χ4n) is 8.63. The van der Waals surface area contributed by atoms with Gasteiger partial charge in [0.1, 0.15) is 0 Å². The molecular weight excluding hydrogens is 725 g/mol. The van der Waals surface area contributed by atoms with E-state index in [0.29, 0.717) is 0 Å². The van der Waals surface area contributed by atoms with E-state index in [0.717, 1.165) is 45.3 Å². The van der Waals surface area contributed by atoms with Crippen LogP contribution >= 0.6 is 0 Å². The summed E-state index contributed by atoms with van der Waals surface area (Å²) >= 11 is 0. The molecule has 0 radical (unpaired) electrons. The quantitative estimate of drug-likeness (QED) is 0.101. The monoisotopic (exact) mass is 766 g/mol. The van der Waals surface area contributed by atoms with Crippen molar-refractivity contribution in [3.8, 4) is 22.3 Å². The number of rotatable bonds is 10. The SMILES string of the molecule is C=C/C=C\c1cccc(-c2c3ccc(N(c4ccccc4)c4ccccc4)cc3c(-c3ccc4ccccc4c3)c3ccc(N(c4ccccc4)c4ccccc4)cc23)c1. The summed E-state index contributed by atoms with van der Waals surface area (Å²) in [5, 5.41) is 7.17. The van der Waals surface area contributed by atoms with Gasteiger partial charge >= 0.3 is 0 Å². The molecule has 0 saturated heterocycles. The first-order valence-electron chi connectivity index (χ1n) is 20.5. The van der Waals surface area contributed by atoms with Gasteiger partial charge in [-0.1, -0.05) is 164 Å². The van der Waals surface area contributed by atoms with Crippen molar-refractivity contribution in [2.75, 3.05) is 9.80 Å². The maximum absolute atomic E-state index is 3.94. The van der Waals surface area contributed by atoms with Gasteiger partial charge in [0.2, 0.25) is 0 Å². The average molecular weight is 767 g/mol. The average Bonchev–Trinajstić information content (AvgIpc) is 3.31. The van der Waals surface area contributed by atoms with Crippen LogP contribution in [0.25, 0.3) is 60.6 Å². The smallest absolute Gasteiger partial charge is 0.0468 e. The van der Waals surface area contributed by atoms with E-state index >= 15 is 0 Å². The topological polar surface area (TPSA) is 6.48 Å². The zero-order valence-electron chi connectivity index (χ0n) is 33.2. The van der Waals surface area contributed by atoms with Crippen LogP contribution in [0.4, 0.5) is 34.1 Å². The van der Waals surface area contributed by atoms with Gasteiger partial charge in [-0.05, 0) is 145 Å². The molecule has 60 heavy (non-hydrogen) atoms. The molecule has 0 aliphatic heterocycles. The summed E-state index contributed by atoms with van der Waals surface area (Å²) in [6.45, 7) is 3.94. The number of hydrogen-bond donors (Lipinski definition) is 0. The van der Waals surface area contributed by atoms with Crippen molar-refractivity contribution in [3.05, 3.63) is 249 Å². The van der Waals surface area contributed by atoms with Crippen molar-refractivity contribution in [2.24, 2.45) is 0 Å². The molecule has 0 bridgehead atoms. The van der Waals surface area contributed by atoms with E-state index in [9.17, 15) is 0 Å². The summed E-state index contributed by atoms with van der Waals surface area (Å²) in [7, 11) is 0. The Morgan fingerprint density at radius 3 is 1.25 bits per heavy atom. The second-order valence-electron chi connectivity index (χ2n) is 15.0. The summed E-state index contributed by atoms with van der Waals surface area (Å²) < 4.78 is 0. The van der Waals surface area contributed by atoms with Gasteiger partial charge in [-0.3, -0.25) is 0 Å². The maximum Gasteiger partial charge on any atom is 0.0468 e. The number of hydrogen-bond acceptors (Lipinski definition) is 2. The third-order valence-electron chi connectivity index (χ3n) is 11.3. The Labute approximate surface area is 351 Å². The largest absolute Gasteiger partial charge is 0.310 e. The predicted molar refractivity (Wildman–Crippen MR) is 258 cm³/mol. The summed E-state index contributed by atoms with van der Waals surface area (Å²) in [4.78, 5) is 4.71. The van der Waals surface area contributed by atoms with Gasteiger partial charge in [-0.2, -0.15) is 0 Å². The highest BCUT2D eigenvalue weighted by atomic mass is 15.1. The number of fused-ring (bicyclic) bond motifs is 3. The molecule has 2 nitrogen and oxygen atoms in total. The molecule has 0 fully saturated rings. The second-order valence-corrected chi connectivity index (χ2v) is 15.0. The summed E-state index contributed by atoms with van der Waals surface area (Å²) in [5.74, 6) is 0. The normalized spacial score (nSPS) is 11.3. The van der Waals surface area contributed by atoms with Crippen molar-refractivity contribution in [2.45, 2.75) is 0 Å². The lowest BCUT2D eigenvalue weighted by atomic mass is 9.84. The van der Waals surface area contributed by atoms with Crippen LogP contribution in [0.2, 0.25) is 0 Å². The van der Waals surface area contributed by atoms with E-state index in [4.69, 9.17) is 0 Å². The predicted octanol–water partition coefficient (Wildman–Crippen LogP) is 16.6. The Morgan fingerprint density at radius 1 is 0.317 bits per heavy atom. The molecule has 10 aromatic carbocycles. The Hall–Kier alpha value is -7.94.